The first kappa shape index (κ1) is 9.90. The molecule has 1 aromatic carbocycles. The molecule has 0 bridgehead atoms. The van der Waals surface area contributed by atoms with E-state index in [2.05, 4.69) is 20.9 Å². The van der Waals surface area contributed by atoms with Crippen LogP contribution in [0.1, 0.15) is 22.5 Å². The second-order valence-corrected chi connectivity index (χ2v) is 4.85. The van der Waals surface area contributed by atoms with Crippen LogP contribution in [0.25, 0.3) is 10.9 Å². The van der Waals surface area contributed by atoms with Gasteiger partial charge in [0, 0.05) is 16.3 Å². The fourth-order valence-electron chi connectivity index (χ4n) is 2.31. The summed E-state index contributed by atoms with van der Waals surface area (Å²) in [7, 11) is 1.63. The number of H-pyrrole nitrogens is 1. The third-order valence-electron chi connectivity index (χ3n) is 3.04. The van der Waals surface area contributed by atoms with Crippen molar-refractivity contribution < 1.29 is 9.53 Å². The number of aromatic nitrogens is 1. The van der Waals surface area contributed by atoms with Gasteiger partial charge in [-0.15, -0.1) is 0 Å². The molecule has 0 unspecified atom stereocenters. The van der Waals surface area contributed by atoms with Crippen molar-refractivity contribution in [1.82, 2.24) is 4.98 Å². The predicted octanol–water partition coefficient (Wildman–Crippen LogP) is 3.07. The normalized spacial score (nSPS) is 14.5. The molecule has 16 heavy (non-hydrogen) atoms. The zero-order chi connectivity index (χ0) is 11.3. The summed E-state index contributed by atoms with van der Waals surface area (Å²) in [5.41, 5.74) is 2.80. The number of nitrogens with one attached hydrogen (secondary N) is 1. The highest BCUT2D eigenvalue weighted by atomic mass is 79.9. The molecular weight excluding hydrogens is 270 g/mol. The SMILES string of the molecule is COc1cc(Br)cc2c3c([nH]c12)C(=O)CC3. The Morgan fingerprint density at radius 1 is 1.38 bits per heavy atom. The minimum atomic E-state index is 0.198. The van der Waals surface area contributed by atoms with Gasteiger partial charge in [-0.1, -0.05) is 15.9 Å². The van der Waals surface area contributed by atoms with Crippen LogP contribution < -0.4 is 4.74 Å². The Labute approximate surface area is 101 Å². The highest BCUT2D eigenvalue weighted by Crippen LogP contribution is 2.36. The highest BCUT2D eigenvalue weighted by molar-refractivity contribution is 9.10. The van der Waals surface area contributed by atoms with Gasteiger partial charge in [-0.05, 0) is 24.1 Å². The van der Waals surface area contributed by atoms with Crippen molar-refractivity contribution in [2.24, 2.45) is 0 Å². The zero-order valence-corrected chi connectivity index (χ0v) is 10.3. The molecule has 1 N–H and O–H groups in total. The number of hydrogen-bond donors (Lipinski definition) is 1. The van der Waals surface area contributed by atoms with E-state index in [0.717, 1.165) is 38.8 Å². The van der Waals surface area contributed by atoms with Crippen molar-refractivity contribution >= 4 is 32.6 Å². The third kappa shape index (κ3) is 1.23. The van der Waals surface area contributed by atoms with Crippen LogP contribution in [-0.2, 0) is 6.42 Å². The summed E-state index contributed by atoms with van der Waals surface area (Å²) in [5, 5.41) is 1.09. The van der Waals surface area contributed by atoms with E-state index in [1.54, 1.807) is 7.11 Å². The molecule has 0 amide bonds. The number of hydrogen-bond acceptors (Lipinski definition) is 2. The van der Waals surface area contributed by atoms with Gasteiger partial charge in [-0.2, -0.15) is 0 Å². The summed E-state index contributed by atoms with van der Waals surface area (Å²) >= 11 is 3.45. The smallest absolute Gasteiger partial charge is 0.179 e. The molecule has 82 valence electrons. The number of ketones is 1. The molecule has 4 heteroatoms. The molecular formula is C12H10BrNO2. The Morgan fingerprint density at radius 2 is 2.19 bits per heavy atom. The first-order valence-electron chi connectivity index (χ1n) is 5.12. The number of aryl methyl sites for hydroxylation is 1. The molecule has 3 nitrogen and oxygen atoms in total. The van der Waals surface area contributed by atoms with E-state index < -0.39 is 0 Å². The number of rotatable bonds is 1. The van der Waals surface area contributed by atoms with Gasteiger partial charge >= 0.3 is 0 Å². The average molecular weight is 280 g/mol. The van der Waals surface area contributed by atoms with Crippen molar-refractivity contribution in [3.05, 3.63) is 27.9 Å². The number of fused-ring (bicyclic) bond motifs is 3. The number of ether oxygens (including phenoxy) is 1. The minimum absolute atomic E-state index is 0.198. The number of carbonyl (C=O) groups excluding carboxylic acids is 1. The number of aromatic amines is 1. The summed E-state index contributed by atoms with van der Waals surface area (Å²) in [5.74, 6) is 0.968. The Bertz CT molecular complexity index is 601. The van der Waals surface area contributed by atoms with E-state index in [-0.39, 0.29) is 5.78 Å². The van der Waals surface area contributed by atoms with E-state index in [9.17, 15) is 4.79 Å². The van der Waals surface area contributed by atoms with Crippen LogP contribution in [0.3, 0.4) is 0 Å². The summed E-state index contributed by atoms with van der Waals surface area (Å²) in [4.78, 5) is 14.8. The van der Waals surface area contributed by atoms with Crippen LogP contribution in [0.4, 0.5) is 0 Å². The third-order valence-corrected chi connectivity index (χ3v) is 3.50. The van der Waals surface area contributed by atoms with Crippen molar-refractivity contribution in [2.75, 3.05) is 7.11 Å². The van der Waals surface area contributed by atoms with Crippen LogP contribution in [0.5, 0.6) is 5.75 Å². The lowest BCUT2D eigenvalue weighted by Gasteiger charge is -2.03. The Balaban J connectivity index is 2.40. The second kappa shape index (κ2) is 3.35. The number of halogens is 1. The van der Waals surface area contributed by atoms with Gasteiger partial charge in [0.1, 0.15) is 5.75 Å². The van der Waals surface area contributed by atoms with Gasteiger partial charge < -0.3 is 9.72 Å². The molecule has 0 saturated carbocycles. The van der Waals surface area contributed by atoms with Crippen molar-refractivity contribution in [3.63, 3.8) is 0 Å². The Morgan fingerprint density at radius 3 is 2.94 bits per heavy atom. The van der Waals surface area contributed by atoms with Gasteiger partial charge in [-0.25, -0.2) is 0 Å². The zero-order valence-electron chi connectivity index (χ0n) is 8.76. The van der Waals surface area contributed by atoms with Crippen LogP contribution in [0.2, 0.25) is 0 Å². The van der Waals surface area contributed by atoms with Gasteiger partial charge in [0.25, 0.3) is 0 Å². The number of carbonyl (C=O) groups is 1. The number of Topliss-reactive ketones (excluding diaryl/α,β-unsaturated/α-hetero) is 1. The predicted molar refractivity (Wildman–Crippen MR) is 65.2 cm³/mol. The van der Waals surface area contributed by atoms with Gasteiger partial charge in [0.15, 0.2) is 5.78 Å². The van der Waals surface area contributed by atoms with Crippen molar-refractivity contribution in [2.45, 2.75) is 12.8 Å². The molecule has 2 aromatic rings. The fourth-order valence-corrected chi connectivity index (χ4v) is 2.74. The Kier molecular flexibility index (Phi) is 2.07. The van der Waals surface area contributed by atoms with Crippen LogP contribution in [-0.4, -0.2) is 17.9 Å². The second-order valence-electron chi connectivity index (χ2n) is 3.93. The maximum absolute atomic E-state index is 11.6. The lowest BCUT2D eigenvalue weighted by atomic mass is 10.1. The van der Waals surface area contributed by atoms with Gasteiger partial charge in [-0.3, -0.25) is 4.79 Å². The summed E-state index contributed by atoms with van der Waals surface area (Å²) in [6.45, 7) is 0. The number of benzene rings is 1. The van der Waals surface area contributed by atoms with E-state index in [0.29, 0.717) is 6.42 Å². The molecule has 0 radical (unpaired) electrons. The van der Waals surface area contributed by atoms with Gasteiger partial charge in [0.2, 0.25) is 0 Å². The molecule has 0 aliphatic heterocycles. The first-order valence-corrected chi connectivity index (χ1v) is 5.91. The summed E-state index contributed by atoms with van der Waals surface area (Å²) < 4.78 is 6.28. The topological polar surface area (TPSA) is 42.1 Å². The van der Waals surface area contributed by atoms with Crippen LogP contribution in [0.15, 0.2) is 16.6 Å². The molecule has 0 atom stereocenters. The maximum Gasteiger partial charge on any atom is 0.179 e. The molecule has 3 rings (SSSR count). The molecule has 1 heterocycles. The largest absolute Gasteiger partial charge is 0.495 e. The summed E-state index contributed by atoms with van der Waals surface area (Å²) in [6, 6.07) is 3.93. The van der Waals surface area contributed by atoms with E-state index in [1.165, 1.54) is 0 Å². The lowest BCUT2D eigenvalue weighted by Crippen LogP contribution is -1.92. The maximum atomic E-state index is 11.6. The molecule has 1 aliphatic rings. The highest BCUT2D eigenvalue weighted by Gasteiger charge is 2.25. The standard InChI is InChI=1S/C12H10BrNO2/c1-16-10-5-6(13)4-8-7-2-3-9(15)11(7)14-12(8)10/h4-5,14H,2-3H2,1H3. The van der Waals surface area contributed by atoms with Gasteiger partial charge in [0.05, 0.1) is 18.3 Å². The average Bonchev–Trinajstić information content (AvgIpc) is 2.79. The quantitative estimate of drug-likeness (QED) is 0.872. The number of methoxy groups -OCH3 is 1. The minimum Gasteiger partial charge on any atom is -0.495 e. The van der Waals surface area contributed by atoms with Crippen LogP contribution in [0, 0.1) is 0 Å². The van der Waals surface area contributed by atoms with Crippen molar-refractivity contribution in [3.8, 4) is 5.75 Å². The van der Waals surface area contributed by atoms with Crippen LogP contribution >= 0.6 is 15.9 Å². The molecule has 1 aliphatic carbocycles. The molecule has 0 fully saturated rings. The van der Waals surface area contributed by atoms with E-state index >= 15 is 0 Å². The summed E-state index contributed by atoms with van der Waals surface area (Å²) in [6.07, 6.45) is 1.44. The first-order chi connectivity index (χ1) is 7.70. The van der Waals surface area contributed by atoms with E-state index in [4.69, 9.17) is 4.74 Å². The molecule has 0 saturated heterocycles. The molecule has 1 aromatic heterocycles. The fraction of sp³-hybridized carbons (Fsp3) is 0.250. The molecule has 0 spiro atoms. The van der Waals surface area contributed by atoms with Crippen molar-refractivity contribution in [1.29, 1.82) is 0 Å². The monoisotopic (exact) mass is 279 g/mol. The Hall–Kier alpha value is -1.29. The van der Waals surface area contributed by atoms with E-state index in [1.807, 2.05) is 12.1 Å². The lowest BCUT2D eigenvalue weighted by molar-refractivity contribution is 0.0991.